The van der Waals surface area contributed by atoms with Crippen LogP contribution in [0.25, 0.3) is 0 Å². The summed E-state index contributed by atoms with van der Waals surface area (Å²) in [6.45, 7) is 0. The maximum absolute atomic E-state index is 0. The van der Waals surface area contributed by atoms with Crippen molar-refractivity contribution < 1.29 is 132 Å². The Morgan fingerprint density at radius 3 is 0.500 bits per heavy atom. The van der Waals surface area contributed by atoms with E-state index in [1.54, 1.807) is 0 Å². The molecule has 0 atom stereocenters. The van der Waals surface area contributed by atoms with E-state index in [1.165, 1.54) is 0 Å². The SMILES string of the molecule is [Fe+2].[I-].[I-].[I-].[I-].[Zn+2]. The molecule has 0 nitrogen and oxygen atoms in total. The summed E-state index contributed by atoms with van der Waals surface area (Å²) in [4.78, 5) is 0. The van der Waals surface area contributed by atoms with E-state index in [0.717, 1.165) is 0 Å². The Hall–Kier alpha value is 4.06. The van der Waals surface area contributed by atoms with Crippen LogP contribution in [-0.2, 0) is 36.5 Å². The first-order valence-corrected chi connectivity index (χ1v) is 0. The molecule has 38 valence electrons. The van der Waals surface area contributed by atoms with Crippen LogP contribution in [0, 0.1) is 0 Å². The van der Waals surface area contributed by atoms with Crippen molar-refractivity contribution in [1.29, 1.82) is 0 Å². The average Bonchev–Trinajstić information content (AvgIpc) is 0. The molecule has 0 heterocycles. The van der Waals surface area contributed by atoms with Gasteiger partial charge in [0.1, 0.15) is 0 Å². The Balaban J connectivity index is 0. The molecular weight excluding hydrogens is 629 g/mol. The molecule has 0 rings (SSSR count). The Kier molecular flexibility index (Phi) is 298. The minimum Gasteiger partial charge on any atom is -1.00 e. The summed E-state index contributed by atoms with van der Waals surface area (Å²) in [7, 11) is 0. The smallest absolute Gasteiger partial charge is 1.00 e. The van der Waals surface area contributed by atoms with Crippen molar-refractivity contribution in [2.75, 3.05) is 0 Å². The Morgan fingerprint density at radius 2 is 0.500 bits per heavy atom. The predicted octanol–water partition coefficient (Wildman–Crippen LogP) is -12.0. The minimum absolute atomic E-state index is 0. The Labute approximate surface area is 129 Å². The number of hydrogen-bond acceptors (Lipinski definition) is 0. The van der Waals surface area contributed by atoms with Crippen LogP contribution in [0.15, 0.2) is 0 Å². The second-order valence-electron chi connectivity index (χ2n) is 0. The maximum atomic E-state index is 0. The van der Waals surface area contributed by atoms with Gasteiger partial charge >= 0.3 is 36.5 Å². The molecule has 0 spiro atoms. The summed E-state index contributed by atoms with van der Waals surface area (Å²) in [6, 6.07) is 0. The van der Waals surface area contributed by atoms with E-state index in [-0.39, 0.29) is 132 Å². The first kappa shape index (κ1) is 50.1. The average molecular weight is 629 g/mol. The van der Waals surface area contributed by atoms with Gasteiger partial charge < -0.3 is 95.9 Å². The van der Waals surface area contributed by atoms with Crippen molar-refractivity contribution in [2.45, 2.75) is 0 Å². The molecule has 0 aliphatic rings. The van der Waals surface area contributed by atoms with E-state index >= 15 is 0 Å². The molecule has 0 aliphatic carbocycles. The molecule has 6 heteroatoms. The van der Waals surface area contributed by atoms with E-state index in [9.17, 15) is 0 Å². The summed E-state index contributed by atoms with van der Waals surface area (Å²) in [5, 5.41) is 0. The van der Waals surface area contributed by atoms with Gasteiger partial charge in [0, 0.05) is 0 Å². The van der Waals surface area contributed by atoms with Crippen LogP contribution in [-0.4, -0.2) is 0 Å². The summed E-state index contributed by atoms with van der Waals surface area (Å²) in [6.07, 6.45) is 0. The number of rotatable bonds is 0. The van der Waals surface area contributed by atoms with Gasteiger partial charge in [0.2, 0.25) is 0 Å². The Bertz CT molecular complexity index is 7.51. The van der Waals surface area contributed by atoms with Gasteiger partial charge in [0.25, 0.3) is 0 Å². The molecule has 0 unspecified atom stereocenters. The van der Waals surface area contributed by atoms with Gasteiger partial charge in [-0.05, 0) is 0 Å². The third-order valence-corrected chi connectivity index (χ3v) is 0. The molecule has 0 saturated heterocycles. The molecule has 6 heavy (non-hydrogen) atoms. The third kappa shape index (κ3) is 24.4. The standard InChI is InChI=1S/Fe.4HI.Zn/h;4*1H;/q+2;;;;;+2/p-4. The second kappa shape index (κ2) is 35.7. The molecule has 0 amide bonds. The largest absolute Gasteiger partial charge is 2.00 e. The zero-order valence-corrected chi connectivity index (χ0v) is 15.3. The van der Waals surface area contributed by atoms with Gasteiger partial charge in [-0.3, -0.25) is 0 Å². The summed E-state index contributed by atoms with van der Waals surface area (Å²) in [5.74, 6) is 0. The molecule has 0 aromatic rings. The van der Waals surface area contributed by atoms with Crippen molar-refractivity contribution >= 4 is 0 Å². The zero-order chi connectivity index (χ0) is 0. The first-order chi connectivity index (χ1) is 0. The fraction of sp³-hybridized carbons (Fsp3) is 0. The van der Waals surface area contributed by atoms with Crippen LogP contribution >= 0.6 is 0 Å². The quantitative estimate of drug-likeness (QED) is 0.185. The first-order valence-electron chi connectivity index (χ1n) is 0. The zero-order valence-electron chi connectivity index (χ0n) is 2.57. The van der Waals surface area contributed by atoms with Gasteiger partial charge in [0.05, 0.1) is 0 Å². The normalized spacial score (nSPS) is 0. The summed E-state index contributed by atoms with van der Waals surface area (Å²) >= 11 is 0. The van der Waals surface area contributed by atoms with E-state index in [1.807, 2.05) is 0 Å². The third-order valence-electron chi connectivity index (χ3n) is 0. The topological polar surface area (TPSA) is 0 Å². The van der Waals surface area contributed by atoms with Crippen molar-refractivity contribution in [3.63, 3.8) is 0 Å². The van der Waals surface area contributed by atoms with Crippen LogP contribution < -0.4 is 95.9 Å². The van der Waals surface area contributed by atoms with Crippen molar-refractivity contribution in [3.8, 4) is 0 Å². The number of halogens is 4. The molecule has 0 saturated carbocycles. The monoisotopic (exact) mass is 627 g/mol. The van der Waals surface area contributed by atoms with Crippen LogP contribution in [0.2, 0.25) is 0 Å². The van der Waals surface area contributed by atoms with Crippen LogP contribution in [0.4, 0.5) is 0 Å². The van der Waals surface area contributed by atoms with E-state index in [4.69, 9.17) is 0 Å². The molecule has 0 aromatic heterocycles. The van der Waals surface area contributed by atoms with Crippen molar-refractivity contribution in [3.05, 3.63) is 0 Å². The van der Waals surface area contributed by atoms with Crippen LogP contribution in [0.3, 0.4) is 0 Å². The molecule has 0 bridgehead atoms. The molecule has 0 aromatic carbocycles. The van der Waals surface area contributed by atoms with Crippen molar-refractivity contribution in [2.24, 2.45) is 0 Å². The molecule has 0 N–H and O–H groups in total. The van der Waals surface area contributed by atoms with Gasteiger partial charge in [-0.15, -0.1) is 0 Å². The predicted molar refractivity (Wildman–Crippen MR) is 0 cm³/mol. The second-order valence-corrected chi connectivity index (χ2v) is 0. The van der Waals surface area contributed by atoms with Crippen LogP contribution in [0.1, 0.15) is 0 Å². The van der Waals surface area contributed by atoms with Gasteiger partial charge in [0.15, 0.2) is 0 Å². The molecule has 0 aliphatic heterocycles. The Morgan fingerprint density at radius 1 is 0.500 bits per heavy atom. The minimum atomic E-state index is 0. The molecule has 0 fully saturated rings. The van der Waals surface area contributed by atoms with E-state index < -0.39 is 0 Å². The molecular formula is FeI4Zn. The number of hydrogen-bond donors (Lipinski definition) is 0. The molecule has 0 radical (unpaired) electrons. The fourth-order valence-electron chi connectivity index (χ4n) is 0. The van der Waals surface area contributed by atoms with E-state index in [2.05, 4.69) is 0 Å². The van der Waals surface area contributed by atoms with Gasteiger partial charge in [-0.2, -0.15) is 0 Å². The maximum Gasteiger partial charge on any atom is 2.00 e. The van der Waals surface area contributed by atoms with Crippen molar-refractivity contribution in [1.82, 2.24) is 0 Å². The van der Waals surface area contributed by atoms with E-state index in [0.29, 0.717) is 0 Å². The summed E-state index contributed by atoms with van der Waals surface area (Å²) < 4.78 is 0. The van der Waals surface area contributed by atoms with Gasteiger partial charge in [-0.1, -0.05) is 0 Å². The van der Waals surface area contributed by atoms with Gasteiger partial charge in [-0.25, -0.2) is 0 Å². The summed E-state index contributed by atoms with van der Waals surface area (Å²) in [5.41, 5.74) is 0. The fourth-order valence-corrected chi connectivity index (χ4v) is 0. The van der Waals surface area contributed by atoms with Crippen LogP contribution in [0.5, 0.6) is 0 Å².